The van der Waals surface area contributed by atoms with E-state index < -0.39 is 0 Å². The number of carbonyl (C=O) groups excluding carboxylic acids is 1. The Labute approximate surface area is 106 Å². The lowest BCUT2D eigenvalue weighted by atomic mass is 10.0. The van der Waals surface area contributed by atoms with Crippen molar-refractivity contribution in [2.24, 2.45) is 11.8 Å². The summed E-state index contributed by atoms with van der Waals surface area (Å²) in [5.74, 6) is 6.22. The van der Waals surface area contributed by atoms with E-state index in [2.05, 4.69) is 20.7 Å². The third-order valence-electron chi connectivity index (χ3n) is 3.35. The van der Waals surface area contributed by atoms with Gasteiger partial charge in [0.1, 0.15) is 5.69 Å². The second-order valence-corrected chi connectivity index (χ2v) is 4.63. The predicted octanol–water partition coefficient (Wildman–Crippen LogP) is 1.07. The van der Waals surface area contributed by atoms with Gasteiger partial charge in [-0.2, -0.15) is 0 Å². The molecule has 98 valence electrons. The first-order chi connectivity index (χ1) is 8.79. The standard InChI is InChI=1S/C12H19N5O/c13-17-11-8-15-10(7-16-11)12(18)14-6-5-9-3-1-2-4-9/h7-9H,1-6,13H2,(H,14,18)(H,16,17). The quantitative estimate of drug-likeness (QED) is 0.536. The summed E-state index contributed by atoms with van der Waals surface area (Å²) >= 11 is 0. The smallest absolute Gasteiger partial charge is 0.271 e. The SMILES string of the molecule is NNc1cnc(C(=O)NCCC2CCCC2)cn1. The van der Waals surface area contributed by atoms with E-state index in [1.165, 1.54) is 38.1 Å². The van der Waals surface area contributed by atoms with E-state index in [-0.39, 0.29) is 5.91 Å². The molecule has 1 fully saturated rings. The molecule has 0 spiro atoms. The fourth-order valence-electron chi connectivity index (χ4n) is 2.30. The van der Waals surface area contributed by atoms with Gasteiger partial charge in [-0.05, 0) is 12.3 Å². The number of aromatic nitrogens is 2. The molecule has 4 N–H and O–H groups in total. The zero-order chi connectivity index (χ0) is 12.8. The highest BCUT2D eigenvalue weighted by molar-refractivity contribution is 5.91. The van der Waals surface area contributed by atoms with E-state index in [0.717, 1.165) is 12.3 Å². The topological polar surface area (TPSA) is 92.9 Å². The number of rotatable bonds is 5. The molecule has 1 aromatic rings. The van der Waals surface area contributed by atoms with Crippen LogP contribution in [0.5, 0.6) is 0 Å². The van der Waals surface area contributed by atoms with Gasteiger partial charge in [-0.25, -0.2) is 15.8 Å². The molecule has 0 saturated heterocycles. The van der Waals surface area contributed by atoms with Gasteiger partial charge < -0.3 is 10.7 Å². The number of nitrogens with two attached hydrogens (primary N) is 1. The van der Waals surface area contributed by atoms with Crippen LogP contribution in [0.4, 0.5) is 5.82 Å². The third kappa shape index (κ3) is 3.40. The minimum atomic E-state index is -0.177. The fraction of sp³-hybridized carbons (Fsp3) is 0.583. The summed E-state index contributed by atoms with van der Waals surface area (Å²) in [5.41, 5.74) is 2.69. The molecule has 2 rings (SSSR count). The van der Waals surface area contributed by atoms with Crippen LogP contribution < -0.4 is 16.6 Å². The van der Waals surface area contributed by atoms with Crippen LogP contribution in [0.25, 0.3) is 0 Å². The Morgan fingerprint density at radius 2 is 2.11 bits per heavy atom. The van der Waals surface area contributed by atoms with E-state index in [0.29, 0.717) is 18.1 Å². The normalized spacial score (nSPS) is 15.6. The molecular weight excluding hydrogens is 230 g/mol. The van der Waals surface area contributed by atoms with Crippen molar-refractivity contribution in [2.75, 3.05) is 12.0 Å². The maximum Gasteiger partial charge on any atom is 0.271 e. The monoisotopic (exact) mass is 249 g/mol. The first kappa shape index (κ1) is 12.8. The number of nitrogens with zero attached hydrogens (tertiary/aromatic N) is 2. The lowest BCUT2D eigenvalue weighted by Gasteiger charge is -2.09. The number of hydrogen-bond acceptors (Lipinski definition) is 5. The molecule has 1 saturated carbocycles. The largest absolute Gasteiger partial charge is 0.351 e. The minimum absolute atomic E-state index is 0.177. The summed E-state index contributed by atoms with van der Waals surface area (Å²) in [4.78, 5) is 19.7. The van der Waals surface area contributed by atoms with Crippen molar-refractivity contribution in [3.8, 4) is 0 Å². The molecule has 1 aliphatic carbocycles. The summed E-state index contributed by atoms with van der Waals surface area (Å²) in [6, 6.07) is 0. The second kappa shape index (κ2) is 6.30. The summed E-state index contributed by atoms with van der Waals surface area (Å²) in [5, 5.41) is 2.87. The van der Waals surface area contributed by atoms with E-state index in [1.807, 2.05) is 0 Å². The Balaban J connectivity index is 1.76. The van der Waals surface area contributed by atoms with Gasteiger partial charge in [0.05, 0.1) is 12.4 Å². The number of carbonyl (C=O) groups is 1. The van der Waals surface area contributed by atoms with Crippen LogP contribution in [0.3, 0.4) is 0 Å². The molecule has 0 aliphatic heterocycles. The summed E-state index contributed by atoms with van der Waals surface area (Å²) in [7, 11) is 0. The molecule has 0 aromatic carbocycles. The summed E-state index contributed by atoms with van der Waals surface area (Å²) < 4.78 is 0. The number of nitrogens with one attached hydrogen (secondary N) is 2. The van der Waals surface area contributed by atoms with Crippen LogP contribution in [0.15, 0.2) is 12.4 Å². The van der Waals surface area contributed by atoms with Crippen molar-refractivity contribution in [3.63, 3.8) is 0 Å². The van der Waals surface area contributed by atoms with Crippen molar-refractivity contribution in [3.05, 3.63) is 18.1 Å². The molecule has 0 bridgehead atoms. The number of nitrogen functional groups attached to an aromatic ring is 1. The molecular formula is C12H19N5O. The number of anilines is 1. The average Bonchev–Trinajstić information content (AvgIpc) is 2.92. The predicted molar refractivity (Wildman–Crippen MR) is 68.8 cm³/mol. The minimum Gasteiger partial charge on any atom is -0.351 e. The molecule has 1 aromatic heterocycles. The summed E-state index contributed by atoms with van der Waals surface area (Å²) in [6.45, 7) is 0.710. The van der Waals surface area contributed by atoms with Gasteiger partial charge in [0.2, 0.25) is 0 Å². The van der Waals surface area contributed by atoms with Crippen molar-refractivity contribution < 1.29 is 4.79 Å². The van der Waals surface area contributed by atoms with Crippen LogP contribution in [-0.4, -0.2) is 22.4 Å². The van der Waals surface area contributed by atoms with Gasteiger partial charge in [-0.15, -0.1) is 0 Å². The fourth-order valence-corrected chi connectivity index (χ4v) is 2.30. The van der Waals surface area contributed by atoms with Crippen molar-refractivity contribution in [1.82, 2.24) is 15.3 Å². The number of amides is 1. The van der Waals surface area contributed by atoms with Gasteiger partial charge in [-0.3, -0.25) is 4.79 Å². The lowest BCUT2D eigenvalue weighted by Crippen LogP contribution is -2.26. The molecule has 1 heterocycles. The van der Waals surface area contributed by atoms with Gasteiger partial charge >= 0.3 is 0 Å². The highest BCUT2D eigenvalue weighted by Crippen LogP contribution is 2.26. The number of hydrogen-bond donors (Lipinski definition) is 3. The molecule has 18 heavy (non-hydrogen) atoms. The van der Waals surface area contributed by atoms with Gasteiger partial charge in [0, 0.05) is 6.54 Å². The summed E-state index contributed by atoms with van der Waals surface area (Å²) in [6.07, 6.45) is 9.17. The molecule has 1 aliphatic rings. The Morgan fingerprint density at radius 1 is 1.33 bits per heavy atom. The highest BCUT2D eigenvalue weighted by atomic mass is 16.1. The van der Waals surface area contributed by atoms with Crippen molar-refractivity contribution >= 4 is 11.7 Å². The van der Waals surface area contributed by atoms with Crippen LogP contribution >= 0.6 is 0 Å². The maximum absolute atomic E-state index is 11.8. The van der Waals surface area contributed by atoms with E-state index in [4.69, 9.17) is 5.84 Å². The highest BCUT2D eigenvalue weighted by Gasteiger charge is 2.15. The van der Waals surface area contributed by atoms with Crippen LogP contribution in [-0.2, 0) is 0 Å². The maximum atomic E-state index is 11.8. The van der Waals surface area contributed by atoms with Crippen LogP contribution in [0, 0.1) is 5.92 Å². The first-order valence-electron chi connectivity index (χ1n) is 6.36. The Hall–Kier alpha value is -1.69. The average molecular weight is 249 g/mol. The Kier molecular flexibility index (Phi) is 4.46. The molecule has 6 nitrogen and oxygen atoms in total. The molecule has 1 amide bonds. The molecule has 0 unspecified atom stereocenters. The molecule has 0 radical (unpaired) electrons. The van der Waals surface area contributed by atoms with Crippen LogP contribution in [0.1, 0.15) is 42.6 Å². The van der Waals surface area contributed by atoms with Crippen molar-refractivity contribution in [2.45, 2.75) is 32.1 Å². The first-order valence-corrected chi connectivity index (χ1v) is 6.36. The van der Waals surface area contributed by atoms with Crippen LogP contribution in [0.2, 0.25) is 0 Å². The second-order valence-electron chi connectivity index (χ2n) is 4.63. The van der Waals surface area contributed by atoms with Gasteiger partial charge in [0.25, 0.3) is 5.91 Å². The van der Waals surface area contributed by atoms with E-state index >= 15 is 0 Å². The lowest BCUT2D eigenvalue weighted by molar-refractivity contribution is 0.0946. The molecule has 0 atom stereocenters. The van der Waals surface area contributed by atoms with Crippen molar-refractivity contribution in [1.29, 1.82) is 0 Å². The zero-order valence-electron chi connectivity index (χ0n) is 10.4. The Bertz CT molecular complexity index is 386. The van der Waals surface area contributed by atoms with E-state index in [9.17, 15) is 4.79 Å². The number of hydrazine groups is 1. The molecule has 6 heteroatoms. The van der Waals surface area contributed by atoms with Gasteiger partial charge in [-0.1, -0.05) is 25.7 Å². The third-order valence-corrected chi connectivity index (χ3v) is 3.35. The van der Waals surface area contributed by atoms with E-state index in [1.54, 1.807) is 0 Å². The zero-order valence-corrected chi connectivity index (χ0v) is 10.4. The Morgan fingerprint density at radius 3 is 2.72 bits per heavy atom. The van der Waals surface area contributed by atoms with Gasteiger partial charge in [0.15, 0.2) is 5.82 Å².